The molecule has 0 heterocycles. The Kier molecular flexibility index (Phi) is 4.45. The van der Waals surface area contributed by atoms with Gasteiger partial charge < -0.3 is 10.6 Å². The maximum Gasteiger partial charge on any atom is 0.258 e. The third-order valence-electron chi connectivity index (χ3n) is 3.21. The number of halogens is 1. The van der Waals surface area contributed by atoms with Crippen LogP contribution in [0, 0.1) is 6.92 Å². The van der Waals surface area contributed by atoms with Gasteiger partial charge in [0.05, 0.1) is 11.4 Å². The van der Waals surface area contributed by atoms with Crippen LogP contribution in [0.4, 0.5) is 11.4 Å². The van der Waals surface area contributed by atoms with Crippen molar-refractivity contribution in [2.75, 3.05) is 17.2 Å². The second kappa shape index (κ2) is 6.09. The van der Waals surface area contributed by atoms with Crippen LogP contribution in [0.25, 0.3) is 0 Å². The first kappa shape index (κ1) is 14.6. The standard InChI is InChI=1S/C16H17BrN2O/c1-3-19(15-7-5-4-6-14(15)18)16(20)13-9-8-12(17)10-11(13)2/h4-10H,3,18H2,1-2H3. The smallest absolute Gasteiger partial charge is 0.258 e. The topological polar surface area (TPSA) is 46.3 Å². The van der Waals surface area contributed by atoms with Crippen molar-refractivity contribution in [3.63, 3.8) is 0 Å². The van der Waals surface area contributed by atoms with Crippen LogP contribution >= 0.6 is 15.9 Å². The van der Waals surface area contributed by atoms with Gasteiger partial charge in [0.2, 0.25) is 0 Å². The molecule has 0 spiro atoms. The van der Waals surface area contributed by atoms with Gasteiger partial charge in [-0.3, -0.25) is 4.79 Å². The SMILES string of the molecule is CCN(C(=O)c1ccc(Br)cc1C)c1ccccc1N. The number of hydrogen-bond donors (Lipinski definition) is 1. The lowest BCUT2D eigenvalue weighted by molar-refractivity contribution is 0.0988. The van der Waals surface area contributed by atoms with Crippen LogP contribution in [0.1, 0.15) is 22.8 Å². The Hall–Kier alpha value is -1.81. The van der Waals surface area contributed by atoms with Crippen molar-refractivity contribution in [1.82, 2.24) is 0 Å². The van der Waals surface area contributed by atoms with Crippen molar-refractivity contribution in [3.8, 4) is 0 Å². The molecule has 0 atom stereocenters. The number of hydrogen-bond acceptors (Lipinski definition) is 2. The summed E-state index contributed by atoms with van der Waals surface area (Å²) in [5, 5.41) is 0. The van der Waals surface area contributed by atoms with Gasteiger partial charge in [-0.1, -0.05) is 28.1 Å². The highest BCUT2D eigenvalue weighted by molar-refractivity contribution is 9.10. The normalized spacial score (nSPS) is 10.3. The van der Waals surface area contributed by atoms with E-state index in [-0.39, 0.29) is 5.91 Å². The predicted molar refractivity (Wildman–Crippen MR) is 87.1 cm³/mol. The van der Waals surface area contributed by atoms with E-state index >= 15 is 0 Å². The lowest BCUT2D eigenvalue weighted by Gasteiger charge is -2.23. The average Bonchev–Trinajstić information content (AvgIpc) is 2.41. The second-order valence-corrected chi connectivity index (χ2v) is 5.48. The fraction of sp³-hybridized carbons (Fsp3) is 0.188. The maximum atomic E-state index is 12.7. The van der Waals surface area contributed by atoms with Crippen LogP contribution < -0.4 is 10.6 Å². The zero-order valence-electron chi connectivity index (χ0n) is 11.6. The minimum absolute atomic E-state index is 0.0320. The molecule has 0 aliphatic rings. The van der Waals surface area contributed by atoms with Gasteiger partial charge in [-0.2, -0.15) is 0 Å². The number of nitrogen functional groups attached to an aromatic ring is 1. The average molecular weight is 333 g/mol. The number of nitrogens with zero attached hydrogens (tertiary/aromatic N) is 1. The molecule has 0 saturated heterocycles. The number of amides is 1. The first-order valence-electron chi connectivity index (χ1n) is 6.47. The molecule has 0 aliphatic carbocycles. The fourth-order valence-corrected chi connectivity index (χ4v) is 2.64. The van der Waals surface area contributed by atoms with Crippen molar-refractivity contribution in [2.45, 2.75) is 13.8 Å². The first-order chi connectivity index (χ1) is 9.54. The van der Waals surface area contributed by atoms with Gasteiger partial charge in [-0.25, -0.2) is 0 Å². The van der Waals surface area contributed by atoms with E-state index in [4.69, 9.17) is 5.73 Å². The number of para-hydroxylation sites is 2. The number of anilines is 2. The molecule has 0 aromatic heterocycles. The van der Waals surface area contributed by atoms with E-state index in [1.54, 1.807) is 11.0 Å². The highest BCUT2D eigenvalue weighted by Crippen LogP contribution is 2.25. The van der Waals surface area contributed by atoms with Gasteiger partial charge >= 0.3 is 0 Å². The molecule has 104 valence electrons. The van der Waals surface area contributed by atoms with Gasteiger partial charge in [0.15, 0.2) is 0 Å². The number of carbonyl (C=O) groups is 1. The van der Waals surface area contributed by atoms with E-state index < -0.39 is 0 Å². The van der Waals surface area contributed by atoms with Gasteiger partial charge in [0.25, 0.3) is 5.91 Å². The molecule has 2 aromatic carbocycles. The summed E-state index contributed by atoms with van der Waals surface area (Å²) in [4.78, 5) is 14.4. The van der Waals surface area contributed by atoms with Gasteiger partial charge in [-0.15, -0.1) is 0 Å². The zero-order chi connectivity index (χ0) is 14.7. The molecule has 2 rings (SSSR count). The largest absolute Gasteiger partial charge is 0.397 e. The summed E-state index contributed by atoms with van der Waals surface area (Å²) in [6, 6.07) is 13.1. The van der Waals surface area contributed by atoms with Crippen LogP contribution in [0.3, 0.4) is 0 Å². The lowest BCUT2D eigenvalue weighted by atomic mass is 10.1. The molecule has 2 aromatic rings. The Bertz CT molecular complexity index is 640. The van der Waals surface area contributed by atoms with E-state index in [0.717, 1.165) is 15.7 Å². The third-order valence-corrected chi connectivity index (χ3v) is 3.70. The van der Waals surface area contributed by atoms with Gasteiger partial charge in [0.1, 0.15) is 0 Å². The monoisotopic (exact) mass is 332 g/mol. The Morgan fingerprint density at radius 2 is 1.95 bits per heavy atom. The van der Waals surface area contributed by atoms with E-state index in [2.05, 4.69) is 15.9 Å². The number of aryl methyl sites for hydroxylation is 1. The molecule has 4 heteroatoms. The summed E-state index contributed by atoms with van der Waals surface area (Å²) in [5.74, 6) is -0.0320. The molecule has 0 aliphatic heterocycles. The van der Waals surface area contributed by atoms with E-state index in [1.807, 2.05) is 50.2 Å². The fourth-order valence-electron chi connectivity index (χ4n) is 2.17. The highest BCUT2D eigenvalue weighted by Gasteiger charge is 2.19. The summed E-state index contributed by atoms with van der Waals surface area (Å²) in [6.45, 7) is 4.45. The van der Waals surface area contributed by atoms with E-state index in [0.29, 0.717) is 17.8 Å². The van der Waals surface area contributed by atoms with Crippen molar-refractivity contribution >= 4 is 33.2 Å². The quantitative estimate of drug-likeness (QED) is 0.863. The van der Waals surface area contributed by atoms with E-state index in [9.17, 15) is 4.79 Å². The van der Waals surface area contributed by atoms with Crippen molar-refractivity contribution < 1.29 is 4.79 Å². The number of carbonyl (C=O) groups excluding carboxylic acids is 1. The predicted octanol–water partition coefficient (Wildman–Crippen LogP) is 4.01. The third kappa shape index (κ3) is 2.85. The molecule has 1 amide bonds. The Balaban J connectivity index is 2.42. The first-order valence-corrected chi connectivity index (χ1v) is 7.26. The molecular formula is C16H17BrN2O. The number of rotatable bonds is 3. The molecule has 2 N–H and O–H groups in total. The Labute approximate surface area is 127 Å². The van der Waals surface area contributed by atoms with Gasteiger partial charge in [0, 0.05) is 16.6 Å². The number of benzene rings is 2. The van der Waals surface area contributed by atoms with Crippen molar-refractivity contribution in [2.24, 2.45) is 0 Å². The van der Waals surface area contributed by atoms with Crippen molar-refractivity contribution in [3.05, 3.63) is 58.1 Å². The van der Waals surface area contributed by atoms with Crippen LogP contribution in [0.5, 0.6) is 0 Å². The zero-order valence-corrected chi connectivity index (χ0v) is 13.1. The highest BCUT2D eigenvalue weighted by atomic mass is 79.9. The van der Waals surface area contributed by atoms with E-state index in [1.165, 1.54) is 0 Å². The van der Waals surface area contributed by atoms with Crippen molar-refractivity contribution in [1.29, 1.82) is 0 Å². The summed E-state index contributed by atoms with van der Waals surface area (Å²) in [5.41, 5.74) is 8.97. The molecule has 0 bridgehead atoms. The minimum atomic E-state index is -0.0320. The molecule has 0 radical (unpaired) electrons. The summed E-state index contributed by atoms with van der Waals surface area (Å²) in [7, 11) is 0. The molecule has 20 heavy (non-hydrogen) atoms. The minimum Gasteiger partial charge on any atom is -0.397 e. The van der Waals surface area contributed by atoms with Crippen LogP contribution in [0.2, 0.25) is 0 Å². The maximum absolute atomic E-state index is 12.7. The molecule has 0 fully saturated rings. The van der Waals surface area contributed by atoms with Gasteiger partial charge in [-0.05, 0) is 49.7 Å². The second-order valence-electron chi connectivity index (χ2n) is 4.57. The molecule has 0 saturated carbocycles. The Morgan fingerprint density at radius 1 is 1.25 bits per heavy atom. The van der Waals surface area contributed by atoms with Crippen LogP contribution in [0.15, 0.2) is 46.9 Å². The number of nitrogens with two attached hydrogens (primary N) is 1. The molecule has 3 nitrogen and oxygen atoms in total. The summed E-state index contributed by atoms with van der Waals surface area (Å²) >= 11 is 3.41. The van der Waals surface area contributed by atoms with Crippen LogP contribution in [-0.2, 0) is 0 Å². The lowest BCUT2D eigenvalue weighted by Crippen LogP contribution is -2.31. The van der Waals surface area contributed by atoms with Crippen LogP contribution in [-0.4, -0.2) is 12.5 Å². The summed E-state index contributed by atoms with van der Waals surface area (Å²) < 4.78 is 0.967. The molecular weight excluding hydrogens is 316 g/mol. The molecule has 0 unspecified atom stereocenters. The Morgan fingerprint density at radius 3 is 2.55 bits per heavy atom. The summed E-state index contributed by atoms with van der Waals surface area (Å²) in [6.07, 6.45) is 0.